The number of hydrogen-bond acceptors (Lipinski definition) is 2. The lowest BCUT2D eigenvalue weighted by Crippen LogP contribution is -2.10. The van der Waals surface area contributed by atoms with Crippen LogP contribution >= 0.6 is 0 Å². The zero-order valence-electron chi connectivity index (χ0n) is 9.90. The fourth-order valence-electron chi connectivity index (χ4n) is 1.42. The Morgan fingerprint density at radius 3 is 2.67 bits per heavy atom. The molecule has 15 heavy (non-hydrogen) atoms. The summed E-state index contributed by atoms with van der Waals surface area (Å²) in [6.07, 6.45) is 4.35. The van der Waals surface area contributed by atoms with E-state index in [0.29, 0.717) is 0 Å². The Kier molecular flexibility index (Phi) is 4.88. The molecule has 0 unspecified atom stereocenters. The van der Waals surface area contributed by atoms with Gasteiger partial charge in [0.2, 0.25) is 0 Å². The van der Waals surface area contributed by atoms with Crippen LogP contribution in [0.1, 0.15) is 25.3 Å². The molecular formula is C13H20N2. The molecule has 2 nitrogen and oxygen atoms in total. The van der Waals surface area contributed by atoms with Gasteiger partial charge in [-0.05, 0) is 12.5 Å². The molecule has 82 valence electrons. The second-order valence-corrected chi connectivity index (χ2v) is 3.84. The third kappa shape index (κ3) is 3.74. The average Bonchev–Trinajstić information content (AvgIpc) is 2.25. The van der Waals surface area contributed by atoms with E-state index in [9.17, 15) is 0 Å². The van der Waals surface area contributed by atoms with Crippen molar-refractivity contribution < 1.29 is 0 Å². The average molecular weight is 204 g/mol. The number of anilines is 1. The van der Waals surface area contributed by atoms with Crippen LogP contribution in [-0.4, -0.2) is 26.9 Å². The van der Waals surface area contributed by atoms with Crippen molar-refractivity contribution in [2.75, 3.05) is 25.5 Å². The van der Waals surface area contributed by atoms with Crippen LogP contribution in [0.15, 0.2) is 29.3 Å². The van der Waals surface area contributed by atoms with Crippen molar-refractivity contribution in [1.29, 1.82) is 0 Å². The molecule has 0 aliphatic carbocycles. The highest BCUT2D eigenvalue weighted by Crippen LogP contribution is 2.15. The summed E-state index contributed by atoms with van der Waals surface area (Å²) in [7, 11) is 4.11. The van der Waals surface area contributed by atoms with Crippen LogP contribution in [0.2, 0.25) is 0 Å². The van der Waals surface area contributed by atoms with E-state index in [0.717, 1.165) is 6.54 Å². The number of unbranched alkanes of at least 4 members (excludes halogenated alkanes) is 1. The zero-order chi connectivity index (χ0) is 11.1. The Balaban J connectivity index is 2.71. The molecule has 0 N–H and O–H groups in total. The molecule has 0 saturated carbocycles. The molecule has 0 radical (unpaired) electrons. The second-order valence-electron chi connectivity index (χ2n) is 3.84. The topological polar surface area (TPSA) is 15.6 Å². The smallest absolute Gasteiger partial charge is 0.0450 e. The lowest BCUT2D eigenvalue weighted by molar-refractivity contribution is 0.810. The number of para-hydroxylation sites is 1. The zero-order valence-corrected chi connectivity index (χ0v) is 9.90. The molecule has 0 aliphatic rings. The monoisotopic (exact) mass is 204 g/mol. The molecule has 0 fully saturated rings. The van der Waals surface area contributed by atoms with E-state index in [1.54, 1.807) is 0 Å². The molecule has 0 amide bonds. The van der Waals surface area contributed by atoms with Gasteiger partial charge in [-0.1, -0.05) is 31.5 Å². The molecule has 1 aromatic carbocycles. The maximum atomic E-state index is 4.42. The van der Waals surface area contributed by atoms with Gasteiger partial charge >= 0.3 is 0 Å². The van der Waals surface area contributed by atoms with Gasteiger partial charge in [0.25, 0.3) is 0 Å². The van der Waals surface area contributed by atoms with Crippen molar-refractivity contribution in [1.82, 2.24) is 0 Å². The standard InChI is InChI=1S/C13H20N2/c1-4-5-10-14-11-12-8-6-7-9-13(12)15(2)3/h6-9,11H,4-5,10H2,1-3H3. The van der Waals surface area contributed by atoms with Crippen LogP contribution < -0.4 is 4.90 Å². The molecule has 0 heterocycles. The first kappa shape index (κ1) is 11.8. The number of benzene rings is 1. The predicted octanol–water partition coefficient (Wildman–Crippen LogP) is 2.97. The minimum atomic E-state index is 0.929. The van der Waals surface area contributed by atoms with Gasteiger partial charge in [-0.3, -0.25) is 4.99 Å². The van der Waals surface area contributed by atoms with Crippen molar-refractivity contribution in [2.45, 2.75) is 19.8 Å². The van der Waals surface area contributed by atoms with E-state index < -0.39 is 0 Å². The molecule has 2 heteroatoms. The Morgan fingerprint density at radius 2 is 2.00 bits per heavy atom. The van der Waals surface area contributed by atoms with Crippen LogP contribution in [0.25, 0.3) is 0 Å². The van der Waals surface area contributed by atoms with Crippen molar-refractivity contribution in [2.24, 2.45) is 4.99 Å². The molecule has 0 aliphatic heterocycles. The quantitative estimate of drug-likeness (QED) is 0.532. The molecule has 0 saturated heterocycles. The summed E-state index contributed by atoms with van der Waals surface area (Å²) < 4.78 is 0. The Labute approximate surface area is 92.6 Å². The number of rotatable bonds is 5. The first-order chi connectivity index (χ1) is 7.25. The number of nitrogens with zero attached hydrogens (tertiary/aromatic N) is 2. The summed E-state index contributed by atoms with van der Waals surface area (Å²) >= 11 is 0. The third-order valence-electron chi connectivity index (χ3n) is 2.29. The lowest BCUT2D eigenvalue weighted by Gasteiger charge is -2.14. The minimum Gasteiger partial charge on any atom is -0.377 e. The maximum absolute atomic E-state index is 4.42. The van der Waals surface area contributed by atoms with E-state index in [1.165, 1.54) is 24.1 Å². The maximum Gasteiger partial charge on any atom is 0.0450 e. The summed E-state index contributed by atoms with van der Waals surface area (Å²) in [5.74, 6) is 0. The summed E-state index contributed by atoms with van der Waals surface area (Å²) in [6, 6.07) is 8.32. The van der Waals surface area contributed by atoms with Gasteiger partial charge in [-0.25, -0.2) is 0 Å². The fraction of sp³-hybridized carbons (Fsp3) is 0.462. The molecule has 1 rings (SSSR count). The number of hydrogen-bond donors (Lipinski definition) is 0. The summed E-state index contributed by atoms with van der Waals surface area (Å²) in [5, 5.41) is 0. The molecule has 0 atom stereocenters. The van der Waals surface area contributed by atoms with Gasteiger partial charge in [0.1, 0.15) is 0 Å². The van der Waals surface area contributed by atoms with Crippen LogP contribution in [-0.2, 0) is 0 Å². The highest BCUT2D eigenvalue weighted by atomic mass is 15.1. The van der Waals surface area contributed by atoms with E-state index >= 15 is 0 Å². The van der Waals surface area contributed by atoms with Gasteiger partial charge in [-0.15, -0.1) is 0 Å². The molecule has 1 aromatic rings. The van der Waals surface area contributed by atoms with Crippen molar-refractivity contribution in [3.8, 4) is 0 Å². The summed E-state index contributed by atoms with van der Waals surface area (Å²) in [6.45, 7) is 3.11. The minimum absolute atomic E-state index is 0.929. The van der Waals surface area contributed by atoms with Crippen LogP contribution in [0.5, 0.6) is 0 Å². The van der Waals surface area contributed by atoms with Gasteiger partial charge in [0, 0.05) is 38.1 Å². The highest BCUT2D eigenvalue weighted by molar-refractivity contribution is 5.87. The van der Waals surface area contributed by atoms with Gasteiger partial charge in [0.05, 0.1) is 0 Å². The Bertz CT molecular complexity index is 316. The van der Waals surface area contributed by atoms with E-state index in [4.69, 9.17) is 0 Å². The van der Waals surface area contributed by atoms with Crippen LogP contribution in [0.3, 0.4) is 0 Å². The lowest BCUT2D eigenvalue weighted by atomic mass is 10.2. The Morgan fingerprint density at radius 1 is 1.27 bits per heavy atom. The van der Waals surface area contributed by atoms with Crippen molar-refractivity contribution in [3.05, 3.63) is 29.8 Å². The van der Waals surface area contributed by atoms with Gasteiger partial charge in [0.15, 0.2) is 0 Å². The Hall–Kier alpha value is -1.31. The van der Waals surface area contributed by atoms with Crippen molar-refractivity contribution >= 4 is 11.9 Å². The molecular weight excluding hydrogens is 184 g/mol. The van der Waals surface area contributed by atoms with Crippen LogP contribution in [0, 0.1) is 0 Å². The fourth-order valence-corrected chi connectivity index (χ4v) is 1.42. The predicted molar refractivity (Wildman–Crippen MR) is 68.1 cm³/mol. The van der Waals surface area contributed by atoms with Crippen LogP contribution in [0.4, 0.5) is 5.69 Å². The normalized spacial score (nSPS) is 10.9. The first-order valence-electron chi connectivity index (χ1n) is 5.52. The molecule has 0 bridgehead atoms. The van der Waals surface area contributed by atoms with Gasteiger partial charge < -0.3 is 4.90 Å². The molecule has 0 aromatic heterocycles. The molecule has 0 spiro atoms. The van der Waals surface area contributed by atoms with Gasteiger partial charge in [-0.2, -0.15) is 0 Å². The third-order valence-corrected chi connectivity index (χ3v) is 2.29. The van der Waals surface area contributed by atoms with Crippen molar-refractivity contribution in [3.63, 3.8) is 0 Å². The summed E-state index contributed by atoms with van der Waals surface area (Å²) in [5.41, 5.74) is 2.41. The second kappa shape index (κ2) is 6.23. The largest absolute Gasteiger partial charge is 0.377 e. The van der Waals surface area contributed by atoms with E-state index in [2.05, 4.69) is 49.1 Å². The van der Waals surface area contributed by atoms with E-state index in [1.807, 2.05) is 12.3 Å². The first-order valence-corrected chi connectivity index (χ1v) is 5.52. The summed E-state index contributed by atoms with van der Waals surface area (Å²) in [4.78, 5) is 6.54. The SMILES string of the molecule is CCCCN=Cc1ccccc1N(C)C. The van der Waals surface area contributed by atoms with E-state index in [-0.39, 0.29) is 0 Å². The number of aliphatic imine (C=N–C) groups is 1. The highest BCUT2D eigenvalue weighted by Gasteiger charge is 1.99.